The van der Waals surface area contributed by atoms with E-state index in [0.717, 1.165) is 12.1 Å². The number of nitrogens with zero attached hydrogens (tertiary/aromatic N) is 1. The molecule has 0 heterocycles. The highest BCUT2D eigenvalue weighted by Crippen LogP contribution is 2.29. The van der Waals surface area contributed by atoms with Crippen LogP contribution < -0.4 is 5.73 Å². The maximum absolute atomic E-state index is 12.7. The van der Waals surface area contributed by atoms with Gasteiger partial charge in [-0.1, -0.05) is 42.5 Å². The Hall–Kier alpha value is -2.34. The van der Waals surface area contributed by atoms with E-state index in [4.69, 9.17) is 5.73 Å². The number of carbonyl (C=O) groups excluding carboxylic acids is 1. The molecule has 0 aliphatic heterocycles. The minimum atomic E-state index is -4.40. The van der Waals surface area contributed by atoms with Gasteiger partial charge < -0.3 is 10.6 Å². The van der Waals surface area contributed by atoms with Crippen molar-refractivity contribution < 1.29 is 18.0 Å². The third kappa shape index (κ3) is 4.32. The van der Waals surface area contributed by atoms with Gasteiger partial charge in [-0.15, -0.1) is 0 Å². The van der Waals surface area contributed by atoms with Gasteiger partial charge in [0.25, 0.3) is 0 Å². The van der Waals surface area contributed by atoms with Crippen molar-refractivity contribution in [3.63, 3.8) is 0 Å². The topological polar surface area (TPSA) is 46.3 Å². The average Bonchev–Trinajstić information content (AvgIpc) is 2.53. The minimum Gasteiger partial charge on any atom is -0.340 e. The van der Waals surface area contributed by atoms with Crippen molar-refractivity contribution in [3.8, 4) is 0 Å². The van der Waals surface area contributed by atoms with E-state index in [9.17, 15) is 18.0 Å². The summed E-state index contributed by atoms with van der Waals surface area (Å²) >= 11 is 0. The molecule has 0 saturated carbocycles. The summed E-state index contributed by atoms with van der Waals surface area (Å²) in [5, 5.41) is 0. The van der Waals surface area contributed by atoms with Crippen molar-refractivity contribution in [2.24, 2.45) is 5.73 Å². The van der Waals surface area contributed by atoms with Gasteiger partial charge in [-0.25, -0.2) is 0 Å². The van der Waals surface area contributed by atoms with Crippen LogP contribution in [0.4, 0.5) is 13.2 Å². The van der Waals surface area contributed by atoms with Crippen molar-refractivity contribution in [3.05, 3.63) is 71.3 Å². The second-order valence-corrected chi connectivity index (χ2v) is 5.28. The number of carbonyl (C=O) groups is 1. The highest BCUT2D eigenvalue weighted by atomic mass is 19.4. The van der Waals surface area contributed by atoms with E-state index < -0.39 is 17.8 Å². The fourth-order valence-electron chi connectivity index (χ4n) is 2.24. The SMILES string of the molecule is CN(Cc1cccc(C(F)(F)F)c1)C(=O)[C@H](N)c1ccccc1. The fourth-order valence-corrected chi connectivity index (χ4v) is 2.24. The Kier molecular flexibility index (Phi) is 5.05. The molecule has 0 spiro atoms. The Balaban J connectivity index is 2.10. The number of hydrogen-bond donors (Lipinski definition) is 1. The van der Waals surface area contributed by atoms with Gasteiger partial charge in [0, 0.05) is 13.6 Å². The molecule has 0 aromatic heterocycles. The molecule has 2 aromatic rings. The Morgan fingerprint density at radius 2 is 1.78 bits per heavy atom. The van der Waals surface area contributed by atoms with Crippen LogP contribution in [0.1, 0.15) is 22.7 Å². The van der Waals surface area contributed by atoms with Crippen LogP contribution in [0, 0.1) is 0 Å². The van der Waals surface area contributed by atoms with Crippen LogP contribution >= 0.6 is 0 Å². The van der Waals surface area contributed by atoms with Crippen molar-refractivity contribution in [2.75, 3.05) is 7.05 Å². The number of rotatable bonds is 4. The first-order valence-electron chi connectivity index (χ1n) is 7.00. The quantitative estimate of drug-likeness (QED) is 0.938. The van der Waals surface area contributed by atoms with Gasteiger partial charge in [-0.05, 0) is 23.3 Å². The van der Waals surface area contributed by atoms with Gasteiger partial charge in [-0.2, -0.15) is 13.2 Å². The zero-order chi connectivity index (χ0) is 17.0. The molecular weight excluding hydrogens is 305 g/mol. The second kappa shape index (κ2) is 6.83. The predicted molar refractivity (Wildman–Crippen MR) is 81.3 cm³/mol. The average molecular weight is 322 g/mol. The van der Waals surface area contributed by atoms with Gasteiger partial charge in [0.15, 0.2) is 0 Å². The molecule has 6 heteroatoms. The molecule has 0 bridgehead atoms. The summed E-state index contributed by atoms with van der Waals surface area (Å²) in [4.78, 5) is 13.6. The predicted octanol–water partition coefficient (Wildman–Crippen LogP) is 3.36. The highest BCUT2D eigenvalue weighted by Gasteiger charge is 2.30. The lowest BCUT2D eigenvalue weighted by atomic mass is 10.1. The van der Waals surface area contributed by atoms with E-state index >= 15 is 0 Å². The highest BCUT2D eigenvalue weighted by molar-refractivity contribution is 5.82. The first-order valence-corrected chi connectivity index (χ1v) is 7.00. The molecule has 0 radical (unpaired) electrons. The van der Waals surface area contributed by atoms with Gasteiger partial charge in [0.2, 0.25) is 5.91 Å². The minimum absolute atomic E-state index is 0.0588. The molecule has 0 fully saturated rings. The normalized spacial score (nSPS) is 12.7. The van der Waals surface area contributed by atoms with Crippen molar-refractivity contribution >= 4 is 5.91 Å². The van der Waals surface area contributed by atoms with Crippen molar-refractivity contribution in [2.45, 2.75) is 18.8 Å². The lowest BCUT2D eigenvalue weighted by Crippen LogP contribution is -2.35. The lowest BCUT2D eigenvalue weighted by Gasteiger charge is -2.22. The zero-order valence-corrected chi connectivity index (χ0v) is 12.5. The van der Waals surface area contributed by atoms with Crippen LogP contribution in [-0.4, -0.2) is 17.9 Å². The Bertz CT molecular complexity index is 671. The van der Waals surface area contributed by atoms with Crippen molar-refractivity contribution in [1.82, 2.24) is 4.90 Å². The van der Waals surface area contributed by atoms with Crippen LogP contribution in [0.5, 0.6) is 0 Å². The number of amides is 1. The summed E-state index contributed by atoms with van der Waals surface area (Å²) in [5.74, 6) is -0.353. The molecule has 0 aliphatic carbocycles. The monoisotopic (exact) mass is 322 g/mol. The third-order valence-corrected chi connectivity index (χ3v) is 3.48. The number of benzene rings is 2. The van der Waals surface area contributed by atoms with Crippen LogP contribution in [0.15, 0.2) is 54.6 Å². The van der Waals surface area contributed by atoms with E-state index in [1.807, 2.05) is 6.07 Å². The van der Waals surface area contributed by atoms with E-state index in [0.29, 0.717) is 11.1 Å². The molecule has 2 aromatic carbocycles. The third-order valence-electron chi connectivity index (χ3n) is 3.48. The fraction of sp³-hybridized carbons (Fsp3) is 0.235. The van der Waals surface area contributed by atoms with Gasteiger partial charge in [0.05, 0.1) is 5.56 Å². The molecule has 0 saturated heterocycles. The molecule has 0 unspecified atom stereocenters. The Labute approximate surface area is 132 Å². The largest absolute Gasteiger partial charge is 0.416 e. The maximum atomic E-state index is 12.7. The maximum Gasteiger partial charge on any atom is 0.416 e. The Morgan fingerprint density at radius 1 is 1.13 bits per heavy atom. The molecule has 2 N–H and O–H groups in total. The van der Waals surface area contributed by atoms with Crippen LogP contribution in [0.2, 0.25) is 0 Å². The van der Waals surface area contributed by atoms with E-state index in [-0.39, 0.29) is 12.5 Å². The molecule has 23 heavy (non-hydrogen) atoms. The second-order valence-electron chi connectivity index (χ2n) is 5.28. The lowest BCUT2D eigenvalue weighted by molar-refractivity contribution is -0.137. The number of alkyl halides is 3. The molecular formula is C17H17F3N2O. The van der Waals surface area contributed by atoms with Gasteiger partial charge >= 0.3 is 6.18 Å². The molecule has 122 valence electrons. The summed E-state index contributed by atoms with van der Waals surface area (Å²) in [6, 6.07) is 12.9. The summed E-state index contributed by atoms with van der Waals surface area (Å²) in [6.45, 7) is 0.0588. The smallest absolute Gasteiger partial charge is 0.340 e. The first kappa shape index (κ1) is 17.0. The molecule has 0 aliphatic rings. The van der Waals surface area contributed by atoms with Crippen LogP contribution in [-0.2, 0) is 17.5 Å². The summed E-state index contributed by atoms with van der Waals surface area (Å²) < 4.78 is 38.1. The van der Waals surface area contributed by atoms with E-state index in [1.54, 1.807) is 30.3 Å². The summed E-state index contributed by atoms with van der Waals surface area (Å²) in [7, 11) is 1.52. The number of hydrogen-bond acceptors (Lipinski definition) is 2. The number of nitrogens with two attached hydrogens (primary N) is 1. The molecule has 1 amide bonds. The van der Waals surface area contributed by atoms with E-state index in [1.165, 1.54) is 18.0 Å². The number of likely N-dealkylation sites (N-methyl/N-ethyl adjacent to an activating group) is 1. The molecule has 3 nitrogen and oxygen atoms in total. The van der Waals surface area contributed by atoms with E-state index in [2.05, 4.69) is 0 Å². The summed E-state index contributed by atoms with van der Waals surface area (Å²) in [5.41, 5.74) is 6.25. The number of halogens is 3. The van der Waals surface area contributed by atoms with Crippen LogP contribution in [0.3, 0.4) is 0 Å². The van der Waals surface area contributed by atoms with Gasteiger partial charge in [0.1, 0.15) is 6.04 Å². The molecule has 1 atom stereocenters. The Morgan fingerprint density at radius 3 is 2.39 bits per heavy atom. The standard InChI is InChI=1S/C17H17F3N2O/c1-22(16(23)15(21)13-7-3-2-4-8-13)11-12-6-5-9-14(10-12)17(18,19)20/h2-10,15H,11,21H2,1H3/t15-/m1/s1. The zero-order valence-electron chi connectivity index (χ0n) is 12.5. The summed E-state index contributed by atoms with van der Waals surface area (Å²) in [6.07, 6.45) is -4.40. The van der Waals surface area contributed by atoms with Crippen molar-refractivity contribution in [1.29, 1.82) is 0 Å². The first-order chi connectivity index (χ1) is 10.8. The van der Waals surface area contributed by atoms with Crippen LogP contribution in [0.25, 0.3) is 0 Å². The molecule has 2 rings (SSSR count). The van der Waals surface area contributed by atoms with Gasteiger partial charge in [-0.3, -0.25) is 4.79 Å².